The lowest BCUT2D eigenvalue weighted by Gasteiger charge is -2.16. The Morgan fingerprint density at radius 1 is 0.970 bits per heavy atom. The van der Waals surface area contributed by atoms with Crippen molar-refractivity contribution in [2.75, 3.05) is 16.8 Å². The van der Waals surface area contributed by atoms with E-state index in [1.165, 1.54) is 6.07 Å². The minimum atomic E-state index is -1.06. The number of hydrogen-bond donors (Lipinski definition) is 1. The lowest BCUT2D eigenvalue weighted by atomic mass is 10.1. The SMILES string of the molecule is O=C(C[C@@H]1C(=O)N(CCc2ccccc2)c2nc3ccccc3n21)Nc1ccc(F)c(F)c1. The van der Waals surface area contributed by atoms with E-state index in [0.29, 0.717) is 18.9 Å². The second-order valence-electron chi connectivity index (χ2n) is 7.89. The molecule has 0 spiro atoms. The minimum absolute atomic E-state index is 0.126. The van der Waals surface area contributed by atoms with Gasteiger partial charge < -0.3 is 5.32 Å². The lowest BCUT2D eigenvalue weighted by Crippen LogP contribution is -2.33. The molecule has 1 N–H and O–H groups in total. The number of anilines is 2. The van der Waals surface area contributed by atoms with Crippen molar-refractivity contribution in [3.05, 3.63) is 90.0 Å². The number of rotatable bonds is 6. The number of fused-ring (bicyclic) bond motifs is 3. The largest absolute Gasteiger partial charge is 0.326 e. The van der Waals surface area contributed by atoms with Gasteiger partial charge in [-0.05, 0) is 36.2 Å². The van der Waals surface area contributed by atoms with Gasteiger partial charge in [-0.25, -0.2) is 13.8 Å². The molecule has 33 heavy (non-hydrogen) atoms. The average molecular weight is 446 g/mol. The zero-order valence-electron chi connectivity index (χ0n) is 17.5. The van der Waals surface area contributed by atoms with Crippen molar-refractivity contribution in [3.8, 4) is 0 Å². The average Bonchev–Trinajstić information content (AvgIpc) is 3.30. The van der Waals surface area contributed by atoms with Gasteiger partial charge in [0.05, 0.1) is 17.5 Å². The number of imidazole rings is 1. The third kappa shape index (κ3) is 3.95. The monoisotopic (exact) mass is 446 g/mol. The molecule has 0 aliphatic carbocycles. The van der Waals surface area contributed by atoms with Gasteiger partial charge in [0, 0.05) is 18.3 Å². The van der Waals surface area contributed by atoms with Gasteiger partial charge in [0.25, 0.3) is 5.91 Å². The Bertz CT molecular complexity index is 1350. The predicted molar refractivity (Wildman–Crippen MR) is 121 cm³/mol. The lowest BCUT2D eigenvalue weighted by molar-refractivity contribution is -0.124. The van der Waals surface area contributed by atoms with Crippen LogP contribution in [0, 0.1) is 11.6 Å². The van der Waals surface area contributed by atoms with Crippen molar-refractivity contribution >= 4 is 34.5 Å². The van der Waals surface area contributed by atoms with Crippen LogP contribution in [0.1, 0.15) is 18.0 Å². The zero-order valence-corrected chi connectivity index (χ0v) is 17.5. The molecule has 166 valence electrons. The Morgan fingerprint density at radius 3 is 2.52 bits per heavy atom. The third-order valence-electron chi connectivity index (χ3n) is 5.73. The molecule has 0 fully saturated rings. The van der Waals surface area contributed by atoms with Gasteiger partial charge in [0.1, 0.15) is 6.04 Å². The number of halogens is 2. The topological polar surface area (TPSA) is 67.2 Å². The molecule has 2 amide bonds. The highest BCUT2D eigenvalue weighted by Gasteiger charge is 2.40. The van der Waals surface area contributed by atoms with Crippen LogP contribution in [-0.2, 0) is 16.0 Å². The van der Waals surface area contributed by atoms with Gasteiger partial charge in [-0.3, -0.25) is 19.1 Å². The van der Waals surface area contributed by atoms with E-state index in [2.05, 4.69) is 10.3 Å². The van der Waals surface area contributed by atoms with Gasteiger partial charge in [0.15, 0.2) is 11.6 Å². The Balaban J connectivity index is 1.41. The van der Waals surface area contributed by atoms with E-state index < -0.39 is 23.6 Å². The summed E-state index contributed by atoms with van der Waals surface area (Å²) in [5.74, 6) is -2.25. The van der Waals surface area contributed by atoms with Crippen molar-refractivity contribution in [2.45, 2.75) is 18.9 Å². The Kier molecular flexibility index (Phi) is 5.34. The number of hydrogen-bond acceptors (Lipinski definition) is 3. The summed E-state index contributed by atoms with van der Waals surface area (Å²) in [6, 6.07) is 19.6. The highest BCUT2D eigenvalue weighted by atomic mass is 19.2. The molecule has 1 aliphatic rings. The maximum absolute atomic E-state index is 13.5. The standard InChI is InChI=1S/C25H20F2N4O2/c26-18-11-10-17(14-19(18)27)28-23(32)15-22-24(33)30(13-12-16-6-2-1-3-7-16)25-29-20-8-4-5-9-21(20)31(22)25/h1-11,14,22H,12-13,15H2,(H,28,32)/t22-/m1/s1. The van der Waals surface area contributed by atoms with Crippen molar-refractivity contribution in [3.63, 3.8) is 0 Å². The summed E-state index contributed by atoms with van der Waals surface area (Å²) in [6.07, 6.45) is 0.483. The molecule has 0 bridgehead atoms. The number of nitrogens with one attached hydrogen (secondary N) is 1. The molecular weight excluding hydrogens is 426 g/mol. The first kappa shape index (κ1) is 20.8. The van der Waals surface area contributed by atoms with Gasteiger partial charge in [-0.1, -0.05) is 42.5 Å². The molecule has 1 aliphatic heterocycles. The van der Waals surface area contributed by atoms with Crippen LogP contribution in [0.3, 0.4) is 0 Å². The van der Waals surface area contributed by atoms with Gasteiger partial charge in [-0.2, -0.15) is 0 Å². The molecule has 8 heteroatoms. The summed E-state index contributed by atoms with van der Waals surface area (Å²) in [6.45, 7) is 0.424. The van der Waals surface area contributed by atoms with E-state index in [1.807, 2.05) is 54.6 Å². The molecule has 0 saturated heterocycles. The highest BCUT2D eigenvalue weighted by Crippen LogP contribution is 2.36. The van der Waals surface area contributed by atoms with Crippen molar-refractivity contribution < 1.29 is 18.4 Å². The van der Waals surface area contributed by atoms with E-state index in [1.54, 1.807) is 9.47 Å². The van der Waals surface area contributed by atoms with Gasteiger partial charge in [0.2, 0.25) is 11.9 Å². The number of aromatic nitrogens is 2. The van der Waals surface area contributed by atoms with Crippen molar-refractivity contribution in [1.29, 1.82) is 0 Å². The number of benzene rings is 3. The molecule has 0 radical (unpaired) electrons. The number of nitrogens with zero attached hydrogens (tertiary/aromatic N) is 3. The molecule has 3 aromatic carbocycles. The smallest absolute Gasteiger partial charge is 0.253 e. The van der Waals surface area contributed by atoms with Crippen LogP contribution in [-0.4, -0.2) is 27.9 Å². The van der Waals surface area contributed by atoms with Crippen LogP contribution in [0.5, 0.6) is 0 Å². The Morgan fingerprint density at radius 2 is 1.73 bits per heavy atom. The molecule has 0 saturated carbocycles. The van der Waals surface area contributed by atoms with Crippen molar-refractivity contribution in [2.24, 2.45) is 0 Å². The Hall–Kier alpha value is -4.07. The fourth-order valence-corrected chi connectivity index (χ4v) is 4.15. The first-order valence-electron chi connectivity index (χ1n) is 10.6. The summed E-state index contributed by atoms with van der Waals surface area (Å²) >= 11 is 0. The summed E-state index contributed by atoms with van der Waals surface area (Å²) in [4.78, 5) is 32.3. The summed E-state index contributed by atoms with van der Waals surface area (Å²) < 4.78 is 28.5. The summed E-state index contributed by atoms with van der Waals surface area (Å²) in [7, 11) is 0. The number of carbonyl (C=O) groups is 2. The summed E-state index contributed by atoms with van der Waals surface area (Å²) in [5, 5.41) is 2.55. The molecule has 2 heterocycles. The van der Waals surface area contributed by atoms with Crippen LogP contribution < -0.4 is 10.2 Å². The Labute approximate surface area is 188 Å². The quantitative estimate of drug-likeness (QED) is 0.475. The second-order valence-corrected chi connectivity index (χ2v) is 7.89. The molecule has 5 rings (SSSR count). The van der Waals surface area contributed by atoms with Crippen LogP contribution in [0.25, 0.3) is 11.0 Å². The van der Waals surface area contributed by atoms with Gasteiger partial charge in [-0.15, -0.1) is 0 Å². The molecule has 1 atom stereocenters. The first-order chi connectivity index (χ1) is 16.0. The fraction of sp³-hybridized carbons (Fsp3) is 0.160. The van der Waals surface area contributed by atoms with Crippen LogP contribution in [0.2, 0.25) is 0 Å². The number of para-hydroxylation sites is 2. The first-order valence-corrected chi connectivity index (χ1v) is 10.6. The van der Waals surface area contributed by atoms with E-state index in [9.17, 15) is 18.4 Å². The highest BCUT2D eigenvalue weighted by molar-refractivity contribution is 6.05. The summed E-state index contributed by atoms with van der Waals surface area (Å²) in [5.41, 5.74) is 2.71. The fourth-order valence-electron chi connectivity index (χ4n) is 4.15. The maximum atomic E-state index is 13.5. The minimum Gasteiger partial charge on any atom is -0.326 e. The van der Waals surface area contributed by atoms with Gasteiger partial charge >= 0.3 is 0 Å². The molecule has 0 unspecified atom stereocenters. The normalized spacial score (nSPS) is 15.2. The maximum Gasteiger partial charge on any atom is 0.253 e. The third-order valence-corrected chi connectivity index (χ3v) is 5.73. The predicted octanol–water partition coefficient (Wildman–Crippen LogP) is 4.47. The van der Waals surface area contributed by atoms with E-state index >= 15 is 0 Å². The molecule has 1 aromatic heterocycles. The van der Waals surface area contributed by atoms with E-state index in [0.717, 1.165) is 28.7 Å². The molecular formula is C25H20F2N4O2. The molecule has 6 nitrogen and oxygen atoms in total. The van der Waals surface area contributed by atoms with Crippen LogP contribution in [0.4, 0.5) is 20.4 Å². The van der Waals surface area contributed by atoms with E-state index in [-0.39, 0.29) is 18.0 Å². The zero-order chi connectivity index (χ0) is 22.9. The molecule has 4 aromatic rings. The van der Waals surface area contributed by atoms with E-state index in [4.69, 9.17) is 0 Å². The van der Waals surface area contributed by atoms with Crippen molar-refractivity contribution in [1.82, 2.24) is 9.55 Å². The number of amides is 2. The van der Waals surface area contributed by atoms with Crippen LogP contribution in [0.15, 0.2) is 72.8 Å². The number of carbonyl (C=O) groups excluding carboxylic acids is 2. The van der Waals surface area contributed by atoms with Crippen LogP contribution >= 0.6 is 0 Å². The second kappa shape index (κ2) is 8.46.